The lowest BCUT2D eigenvalue weighted by molar-refractivity contribution is -0.167. The van der Waals surface area contributed by atoms with Crippen LogP contribution in [0.15, 0.2) is 60.8 Å². The van der Waals surface area contributed by atoms with Gasteiger partial charge in [-0.15, -0.1) is 0 Å². The molecule has 0 radical (unpaired) electrons. The zero-order valence-corrected chi connectivity index (χ0v) is 49.4. The van der Waals surface area contributed by atoms with Crippen molar-refractivity contribution in [3.8, 4) is 0 Å². The average molecular weight is 1040 g/mol. The number of ether oxygens (including phenoxy) is 3. The van der Waals surface area contributed by atoms with E-state index in [1.54, 1.807) is 0 Å². The summed E-state index contributed by atoms with van der Waals surface area (Å²) in [5.41, 5.74) is 0. The molecular formula is C68H122O6. The van der Waals surface area contributed by atoms with Gasteiger partial charge in [0, 0.05) is 19.3 Å². The van der Waals surface area contributed by atoms with Crippen molar-refractivity contribution < 1.29 is 28.6 Å². The highest BCUT2D eigenvalue weighted by molar-refractivity contribution is 5.71. The van der Waals surface area contributed by atoms with Gasteiger partial charge in [-0.2, -0.15) is 0 Å². The van der Waals surface area contributed by atoms with Gasteiger partial charge < -0.3 is 14.2 Å². The van der Waals surface area contributed by atoms with E-state index in [1.165, 1.54) is 212 Å². The van der Waals surface area contributed by atoms with E-state index >= 15 is 0 Å². The monoisotopic (exact) mass is 1030 g/mol. The van der Waals surface area contributed by atoms with E-state index in [9.17, 15) is 14.4 Å². The molecule has 0 bridgehead atoms. The molecular weight excluding hydrogens is 913 g/mol. The number of allylic oxidation sites excluding steroid dienone is 10. The Morgan fingerprint density at radius 2 is 0.527 bits per heavy atom. The first-order chi connectivity index (χ1) is 36.5. The molecule has 0 aliphatic rings. The molecule has 0 amide bonds. The molecule has 0 aromatic carbocycles. The molecule has 1 unspecified atom stereocenters. The van der Waals surface area contributed by atoms with Gasteiger partial charge in [-0.1, -0.05) is 293 Å². The highest BCUT2D eigenvalue weighted by Crippen LogP contribution is 2.17. The van der Waals surface area contributed by atoms with Crippen molar-refractivity contribution >= 4 is 17.9 Å². The summed E-state index contributed by atoms with van der Waals surface area (Å²) in [5.74, 6) is -0.859. The average Bonchev–Trinajstić information content (AvgIpc) is 3.40. The molecule has 74 heavy (non-hydrogen) atoms. The van der Waals surface area contributed by atoms with Crippen molar-refractivity contribution in [3.05, 3.63) is 60.8 Å². The van der Waals surface area contributed by atoms with E-state index < -0.39 is 6.10 Å². The maximum Gasteiger partial charge on any atom is 0.306 e. The molecule has 0 aliphatic carbocycles. The number of carbonyl (C=O) groups excluding carboxylic acids is 3. The molecule has 1 atom stereocenters. The lowest BCUT2D eigenvalue weighted by atomic mass is 10.0. The number of carbonyl (C=O) groups is 3. The highest BCUT2D eigenvalue weighted by Gasteiger charge is 2.19. The summed E-state index contributed by atoms with van der Waals surface area (Å²) in [5, 5.41) is 0. The fourth-order valence-corrected chi connectivity index (χ4v) is 9.43. The molecule has 430 valence electrons. The van der Waals surface area contributed by atoms with Crippen LogP contribution in [0.2, 0.25) is 0 Å². The Hall–Kier alpha value is -2.89. The molecule has 6 heteroatoms. The van der Waals surface area contributed by atoms with Gasteiger partial charge in [0.05, 0.1) is 0 Å². The van der Waals surface area contributed by atoms with Crippen LogP contribution < -0.4 is 0 Å². The van der Waals surface area contributed by atoms with E-state index in [0.717, 1.165) is 83.5 Å². The van der Waals surface area contributed by atoms with Crippen LogP contribution in [0.5, 0.6) is 0 Å². The quantitative estimate of drug-likeness (QED) is 0.0261. The van der Waals surface area contributed by atoms with Gasteiger partial charge in [0.15, 0.2) is 6.10 Å². The molecule has 0 spiro atoms. The van der Waals surface area contributed by atoms with Crippen molar-refractivity contribution in [2.75, 3.05) is 13.2 Å². The summed E-state index contributed by atoms with van der Waals surface area (Å²) in [4.78, 5) is 38.1. The minimum Gasteiger partial charge on any atom is -0.462 e. The highest BCUT2D eigenvalue weighted by atomic mass is 16.6. The second-order valence-corrected chi connectivity index (χ2v) is 21.6. The fourth-order valence-electron chi connectivity index (χ4n) is 9.43. The predicted molar refractivity (Wildman–Crippen MR) is 321 cm³/mol. The molecule has 0 heterocycles. The normalized spacial score (nSPS) is 12.4. The smallest absolute Gasteiger partial charge is 0.306 e. The second kappa shape index (κ2) is 62.6. The standard InChI is InChI=1S/C68H122O6/c1-4-7-10-13-16-19-21-23-25-27-29-30-31-32-33-34-35-36-37-38-40-41-43-45-47-49-52-55-58-61-67(70)73-64-65(63-72-66(69)60-57-54-51-18-15-12-9-6-3)74-68(71)62-59-56-53-50-48-46-44-42-39-28-26-24-22-20-17-14-11-8-5-2/h7,10,16,19,23-26,29-30,65H,4-6,8-9,11-15,17-18,20-22,27-28,31-64H2,1-3H3/b10-7-,19-16-,25-23-,26-24-,30-29-. The number of rotatable bonds is 59. The Kier molecular flexibility index (Phi) is 60.2. The third-order valence-corrected chi connectivity index (χ3v) is 14.3. The Morgan fingerprint density at radius 1 is 0.284 bits per heavy atom. The van der Waals surface area contributed by atoms with Crippen LogP contribution in [0.25, 0.3) is 0 Å². The van der Waals surface area contributed by atoms with Crippen LogP contribution >= 0.6 is 0 Å². The van der Waals surface area contributed by atoms with Crippen LogP contribution in [-0.4, -0.2) is 37.2 Å². The summed E-state index contributed by atoms with van der Waals surface area (Å²) < 4.78 is 16.9. The van der Waals surface area contributed by atoms with Crippen LogP contribution in [0.1, 0.15) is 335 Å². The minimum absolute atomic E-state index is 0.0705. The van der Waals surface area contributed by atoms with Crippen molar-refractivity contribution in [1.82, 2.24) is 0 Å². The van der Waals surface area contributed by atoms with E-state index in [-0.39, 0.29) is 31.1 Å². The maximum atomic E-state index is 12.9. The zero-order chi connectivity index (χ0) is 53.6. The lowest BCUT2D eigenvalue weighted by Gasteiger charge is -2.18. The molecule has 0 aromatic heterocycles. The number of hydrogen-bond donors (Lipinski definition) is 0. The van der Waals surface area contributed by atoms with Gasteiger partial charge in [0.1, 0.15) is 13.2 Å². The Labute approximate surface area is 460 Å². The SMILES string of the molecule is CC/C=C\C/C=C\C/C=C\C/C=C\CCCCCCCCCCCCCCCCCCC(=O)OCC(COC(=O)CCCCCCCCCC)OC(=O)CCCCCCCCCCC/C=C\CCCCCCCC. The minimum atomic E-state index is -0.771. The molecule has 6 nitrogen and oxygen atoms in total. The molecule has 0 N–H and O–H groups in total. The summed E-state index contributed by atoms with van der Waals surface area (Å²) >= 11 is 0. The van der Waals surface area contributed by atoms with Crippen molar-refractivity contribution in [2.24, 2.45) is 0 Å². The predicted octanol–water partition coefficient (Wildman–Crippen LogP) is 21.9. The lowest BCUT2D eigenvalue weighted by Crippen LogP contribution is -2.30. The van der Waals surface area contributed by atoms with Gasteiger partial charge in [-0.3, -0.25) is 14.4 Å². The molecule has 0 aromatic rings. The third-order valence-electron chi connectivity index (χ3n) is 14.3. The van der Waals surface area contributed by atoms with Crippen molar-refractivity contribution in [1.29, 1.82) is 0 Å². The molecule has 0 saturated carbocycles. The summed E-state index contributed by atoms with van der Waals surface area (Å²) in [6.07, 6.45) is 79.7. The number of hydrogen-bond acceptors (Lipinski definition) is 6. The van der Waals surface area contributed by atoms with Crippen LogP contribution in [-0.2, 0) is 28.6 Å². The largest absolute Gasteiger partial charge is 0.462 e. The molecule has 0 fully saturated rings. The Morgan fingerprint density at radius 3 is 0.838 bits per heavy atom. The van der Waals surface area contributed by atoms with E-state index in [1.807, 2.05) is 0 Å². The van der Waals surface area contributed by atoms with E-state index in [0.29, 0.717) is 19.3 Å². The van der Waals surface area contributed by atoms with Gasteiger partial charge in [-0.25, -0.2) is 0 Å². The topological polar surface area (TPSA) is 78.9 Å². The van der Waals surface area contributed by atoms with Gasteiger partial charge in [0.25, 0.3) is 0 Å². The van der Waals surface area contributed by atoms with E-state index in [2.05, 4.69) is 81.5 Å². The summed E-state index contributed by atoms with van der Waals surface area (Å²) in [6.45, 7) is 6.54. The second-order valence-electron chi connectivity index (χ2n) is 21.6. The van der Waals surface area contributed by atoms with Crippen LogP contribution in [0.4, 0.5) is 0 Å². The first kappa shape index (κ1) is 71.1. The maximum absolute atomic E-state index is 12.9. The number of unbranched alkanes of at least 4 members (excludes halogenated alkanes) is 38. The van der Waals surface area contributed by atoms with Crippen LogP contribution in [0.3, 0.4) is 0 Å². The zero-order valence-electron chi connectivity index (χ0n) is 49.4. The molecule has 0 saturated heterocycles. The summed E-state index contributed by atoms with van der Waals surface area (Å²) in [7, 11) is 0. The summed E-state index contributed by atoms with van der Waals surface area (Å²) in [6, 6.07) is 0. The van der Waals surface area contributed by atoms with Gasteiger partial charge in [0.2, 0.25) is 0 Å². The Balaban J connectivity index is 4.10. The van der Waals surface area contributed by atoms with Gasteiger partial charge in [-0.05, 0) is 83.5 Å². The van der Waals surface area contributed by atoms with E-state index in [4.69, 9.17) is 14.2 Å². The third kappa shape index (κ3) is 60.0. The van der Waals surface area contributed by atoms with Crippen molar-refractivity contribution in [3.63, 3.8) is 0 Å². The molecule has 0 rings (SSSR count). The van der Waals surface area contributed by atoms with Gasteiger partial charge >= 0.3 is 17.9 Å². The van der Waals surface area contributed by atoms with Crippen LogP contribution in [0, 0.1) is 0 Å². The molecule has 0 aliphatic heterocycles. The van der Waals surface area contributed by atoms with Crippen molar-refractivity contribution in [2.45, 2.75) is 341 Å². The Bertz CT molecular complexity index is 1330. The first-order valence-corrected chi connectivity index (χ1v) is 32.3. The first-order valence-electron chi connectivity index (χ1n) is 32.3. The number of esters is 3. The fraction of sp³-hybridized carbons (Fsp3) is 0.809.